The molecule has 4 heteroatoms. The smallest absolute Gasteiger partial charge is 0.0979 e. The fourth-order valence-electron chi connectivity index (χ4n) is 6.28. The average Bonchev–Trinajstić information content (AvgIpc) is 3.37. The van der Waals surface area contributed by atoms with Crippen LogP contribution in [-0.2, 0) is 11.8 Å². The van der Waals surface area contributed by atoms with Gasteiger partial charge in [0, 0.05) is 38.3 Å². The molecule has 1 aliphatic rings. The van der Waals surface area contributed by atoms with E-state index < -0.39 is 6.19 Å². The fraction of sp³-hybridized carbons (Fsp3) is 0. The molecule has 0 saturated heterocycles. The minimum absolute atomic E-state index is 1.11. The zero-order valence-electron chi connectivity index (χ0n) is 21.7. The summed E-state index contributed by atoms with van der Waals surface area (Å²) in [6.45, 7) is 0. The molecule has 0 aliphatic carbocycles. The first kappa shape index (κ1) is 23.5. The van der Waals surface area contributed by atoms with Crippen LogP contribution in [0.5, 0.6) is 0 Å². The van der Waals surface area contributed by atoms with Crippen LogP contribution < -0.4 is 15.3 Å². The zero-order valence-corrected chi connectivity index (χ0v) is 23.4. The molecule has 1 atom stereocenters. The number of rotatable bonds is 3. The SMILES string of the molecule is S=P1(c2ccccc2)c2ccccc2-c2ccc3c4ccccc4n(-c4ccccc4)c3c2N1c1ccccc1. The van der Waals surface area contributed by atoms with E-state index in [9.17, 15) is 0 Å². The number of hydrogen-bond acceptors (Lipinski definition) is 1. The summed E-state index contributed by atoms with van der Waals surface area (Å²) in [5.41, 5.74) is 8.25. The molecular weight excluding hydrogens is 523 g/mol. The molecule has 0 bridgehead atoms. The molecule has 8 rings (SSSR count). The van der Waals surface area contributed by atoms with Crippen molar-refractivity contribution in [2.24, 2.45) is 0 Å². The van der Waals surface area contributed by atoms with E-state index in [-0.39, 0.29) is 0 Å². The maximum absolute atomic E-state index is 6.99. The van der Waals surface area contributed by atoms with Gasteiger partial charge < -0.3 is 9.24 Å². The summed E-state index contributed by atoms with van der Waals surface area (Å²) in [4.78, 5) is 0. The van der Waals surface area contributed by atoms with Crippen LogP contribution in [0, 0.1) is 0 Å². The highest BCUT2D eigenvalue weighted by Gasteiger charge is 2.40. The molecule has 1 unspecified atom stereocenters. The molecule has 2 heterocycles. The van der Waals surface area contributed by atoms with E-state index in [1.807, 2.05) is 0 Å². The normalized spacial score (nSPS) is 16.1. The van der Waals surface area contributed by atoms with Gasteiger partial charge in [0.05, 0.1) is 22.9 Å². The lowest BCUT2D eigenvalue weighted by molar-refractivity contribution is 1.17. The highest BCUT2D eigenvalue weighted by Crippen LogP contribution is 2.63. The summed E-state index contributed by atoms with van der Waals surface area (Å²) in [5.74, 6) is 0. The van der Waals surface area contributed by atoms with Gasteiger partial charge >= 0.3 is 0 Å². The van der Waals surface area contributed by atoms with E-state index >= 15 is 0 Å². The molecule has 0 fully saturated rings. The standard InChI is InChI=1S/C36H25N2PS/c40-39(28-18-8-3-9-19-28)34-23-13-11-21-30(34)32-25-24-31-29-20-10-12-22-33(29)37(26-14-4-1-5-15-26)35(31)36(32)38(39)27-16-6-2-7-17-27/h1-25H. The monoisotopic (exact) mass is 548 g/mol. The summed E-state index contributed by atoms with van der Waals surface area (Å²) in [5, 5.41) is 4.89. The van der Waals surface area contributed by atoms with Crippen molar-refractivity contribution in [1.29, 1.82) is 0 Å². The Morgan fingerprint density at radius 2 is 1.07 bits per heavy atom. The van der Waals surface area contributed by atoms with Gasteiger partial charge in [-0.15, -0.1) is 0 Å². The van der Waals surface area contributed by atoms with Crippen molar-refractivity contribution in [3.8, 4) is 16.8 Å². The summed E-state index contributed by atoms with van der Waals surface area (Å²) in [6, 6.07) is 54.3. The second kappa shape index (κ2) is 9.06. The quantitative estimate of drug-likeness (QED) is 0.204. The van der Waals surface area contributed by atoms with Crippen LogP contribution in [0.25, 0.3) is 38.6 Å². The van der Waals surface area contributed by atoms with Gasteiger partial charge in [0.2, 0.25) is 0 Å². The molecule has 7 aromatic rings. The van der Waals surface area contributed by atoms with E-state index in [0.29, 0.717) is 0 Å². The van der Waals surface area contributed by atoms with Crippen LogP contribution in [-0.4, -0.2) is 4.57 Å². The minimum atomic E-state index is -2.53. The molecule has 40 heavy (non-hydrogen) atoms. The molecule has 0 radical (unpaired) electrons. The first-order valence-electron chi connectivity index (χ1n) is 13.5. The number of fused-ring (bicyclic) bond motifs is 7. The van der Waals surface area contributed by atoms with Crippen molar-refractivity contribution in [3.05, 3.63) is 152 Å². The van der Waals surface area contributed by atoms with Gasteiger partial charge in [-0.25, -0.2) is 0 Å². The van der Waals surface area contributed by atoms with Gasteiger partial charge in [-0.2, -0.15) is 0 Å². The Bertz CT molecular complexity index is 2080. The zero-order chi connectivity index (χ0) is 26.7. The van der Waals surface area contributed by atoms with Gasteiger partial charge in [-0.3, -0.25) is 0 Å². The van der Waals surface area contributed by atoms with E-state index in [1.54, 1.807) is 0 Å². The Morgan fingerprint density at radius 3 is 1.82 bits per heavy atom. The molecule has 1 aliphatic heterocycles. The van der Waals surface area contributed by atoms with Crippen LogP contribution in [0.15, 0.2) is 152 Å². The largest absolute Gasteiger partial charge is 0.307 e. The number of benzene rings is 6. The molecule has 190 valence electrons. The molecule has 0 saturated carbocycles. The van der Waals surface area contributed by atoms with Crippen LogP contribution >= 0.6 is 6.19 Å². The van der Waals surface area contributed by atoms with E-state index in [4.69, 9.17) is 11.8 Å². The molecule has 2 nitrogen and oxygen atoms in total. The number of para-hydroxylation sites is 3. The van der Waals surface area contributed by atoms with Crippen molar-refractivity contribution in [2.75, 3.05) is 4.67 Å². The van der Waals surface area contributed by atoms with Gasteiger partial charge in [0.15, 0.2) is 0 Å². The Labute approximate surface area is 238 Å². The third kappa shape index (κ3) is 3.26. The highest BCUT2D eigenvalue weighted by molar-refractivity contribution is 8.23. The summed E-state index contributed by atoms with van der Waals surface area (Å²) >= 11 is 6.99. The van der Waals surface area contributed by atoms with Crippen molar-refractivity contribution in [2.45, 2.75) is 0 Å². The number of anilines is 2. The summed E-state index contributed by atoms with van der Waals surface area (Å²) in [7, 11) is 0. The van der Waals surface area contributed by atoms with Crippen LogP contribution in [0.2, 0.25) is 0 Å². The Hall–Kier alpha value is -4.43. The van der Waals surface area contributed by atoms with E-state index in [1.165, 1.54) is 49.2 Å². The number of aromatic nitrogens is 1. The Balaban J connectivity index is 1.62. The minimum Gasteiger partial charge on any atom is -0.307 e. The Morgan fingerprint density at radius 1 is 0.475 bits per heavy atom. The third-order valence-electron chi connectivity index (χ3n) is 7.95. The van der Waals surface area contributed by atoms with Gasteiger partial charge in [0.25, 0.3) is 0 Å². The summed E-state index contributed by atoms with van der Waals surface area (Å²) < 4.78 is 4.94. The average molecular weight is 549 g/mol. The first-order chi connectivity index (χ1) is 19.8. The van der Waals surface area contributed by atoms with E-state index in [0.717, 1.165) is 11.4 Å². The van der Waals surface area contributed by atoms with Crippen molar-refractivity contribution in [3.63, 3.8) is 0 Å². The Kier molecular flexibility index (Phi) is 5.31. The predicted octanol–water partition coefficient (Wildman–Crippen LogP) is 8.95. The van der Waals surface area contributed by atoms with E-state index in [2.05, 4.69) is 161 Å². The second-order valence-electron chi connectivity index (χ2n) is 10.1. The van der Waals surface area contributed by atoms with Crippen LogP contribution in [0.1, 0.15) is 0 Å². The lowest BCUT2D eigenvalue weighted by Gasteiger charge is -2.43. The van der Waals surface area contributed by atoms with Gasteiger partial charge in [-0.1, -0.05) is 133 Å². The summed E-state index contributed by atoms with van der Waals surface area (Å²) in [6.07, 6.45) is -2.53. The van der Waals surface area contributed by atoms with Gasteiger partial charge in [0.1, 0.15) is 0 Å². The molecule has 6 aromatic carbocycles. The topological polar surface area (TPSA) is 8.17 Å². The predicted molar refractivity (Wildman–Crippen MR) is 175 cm³/mol. The highest BCUT2D eigenvalue weighted by atomic mass is 32.4. The van der Waals surface area contributed by atoms with Crippen molar-refractivity contribution in [1.82, 2.24) is 4.57 Å². The van der Waals surface area contributed by atoms with Crippen LogP contribution in [0.4, 0.5) is 11.4 Å². The molecule has 0 N–H and O–H groups in total. The maximum atomic E-state index is 6.99. The number of nitrogens with zero attached hydrogens (tertiary/aromatic N) is 2. The third-order valence-corrected chi connectivity index (χ3v) is 12.7. The fourth-order valence-corrected chi connectivity index (χ4v) is 10.7. The van der Waals surface area contributed by atoms with Crippen molar-refractivity contribution >= 4 is 61.8 Å². The first-order valence-corrected chi connectivity index (χ1v) is 16.3. The van der Waals surface area contributed by atoms with Gasteiger partial charge in [-0.05, 0) is 35.9 Å². The molecule has 0 spiro atoms. The molecule has 1 aromatic heterocycles. The lowest BCUT2D eigenvalue weighted by Crippen LogP contribution is -2.33. The van der Waals surface area contributed by atoms with Crippen LogP contribution in [0.3, 0.4) is 0 Å². The second-order valence-corrected chi connectivity index (χ2v) is 14.3. The van der Waals surface area contributed by atoms with Crippen molar-refractivity contribution < 1.29 is 0 Å². The lowest BCUT2D eigenvalue weighted by atomic mass is 10.00. The molecule has 0 amide bonds. The maximum Gasteiger partial charge on any atom is 0.0979 e. The molecular formula is C36H25N2PS. The number of hydrogen-bond donors (Lipinski definition) is 0.